The molecule has 0 saturated heterocycles. The first-order valence-corrected chi connectivity index (χ1v) is 8.45. The highest BCUT2D eigenvalue weighted by Crippen LogP contribution is 2.13. The Morgan fingerprint density at radius 3 is 2.33 bits per heavy atom. The van der Waals surface area contributed by atoms with Gasteiger partial charge in [0.25, 0.3) is 5.91 Å². The zero-order valence-electron chi connectivity index (χ0n) is 15.1. The van der Waals surface area contributed by atoms with Crippen LogP contribution in [0.5, 0.6) is 0 Å². The van der Waals surface area contributed by atoms with Crippen molar-refractivity contribution in [3.8, 4) is 0 Å². The zero-order valence-corrected chi connectivity index (χ0v) is 15.1. The van der Waals surface area contributed by atoms with Gasteiger partial charge in [0, 0.05) is 31.0 Å². The lowest BCUT2D eigenvalue weighted by molar-refractivity contribution is -0.903. The lowest BCUT2D eigenvalue weighted by Crippen LogP contribution is -3.11. The van der Waals surface area contributed by atoms with Gasteiger partial charge in [-0.15, -0.1) is 0 Å². The van der Waals surface area contributed by atoms with Gasteiger partial charge < -0.3 is 15.1 Å². The number of hydrogen-bond acceptors (Lipinski definition) is 2. The van der Waals surface area contributed by atoms with E-state index in [1.54, 1.807) is 0 Å². The van der Waals surface area contributed by atoms with Crippen molar-refractivity contribution in [2.24, 2.45) is 0 Å². The van der Waals surface area contributed by atoms with Crippen molar-refractivity contribution in [3.05, 3.63) is 59.7 Å². The molecule has 0 spiro atoms. The molecule has 0 bridgehead atoms. The molecule has 0 heterocycles. The summed E-state index contributed by atoms with van der Waals surface area (Å²) in [4.78, 5) is 15.7. The van der Waals surface area contributed by atoms with Gasteiger partial charge in [0.15, 0.2) is 6.54 Å². The molecule has 1 unspecified atom stereocenters. The second-order valence-corrected chi connectivity index (χ2v) is 6.38. The topological polar surface area (TPSA) is 36.8 Å². The Balaban J connectivity index is 1.94. The number of carbonyl (C=O) groups excluding carboxylic acids is 1. The van der Waals surface area contributed by atoms with Crippen molar-refractivity contribution in [2.45, 2.75) is 20.4 Å². The van der Waals surface area contributed by atoms with E-state index >= 15 is 0 Å². The van der Waals surface area contributed by atoms with E-state index in [2.05, 4.69) is 41.4 Å². The van der Waals surface area contributed by atoms with E-state index in [0.29, 0.717) is 6.54 Å². The molecule has 0 fully saturated rings. The normalized spacial score (nSPS) is 11.8. The molecular weight excluding hydrogens is 298 g/mol. The molecule has 2 N–H and O–H groups in total. The van der Waals surface area contributed by atoms with Gasteiger partial charge in [-0.1, -0.05) is 30.3 Å². The molecule has 2 aromatic carbocycles. The molecule has 2 rings (SSSR count). The second-order valence-electron chi connectivity index (χ2n) is 6.38. The van der Waals surface area contributed by atoms with Gasteiger partial charge >= 0.3 is 0 Å². The first-order chi connectivity index (χ1) is 11.5. The van der Waals surface area contributed by atoms with Crippen LogP contribution in [0.1, 0.15) is 18.1 Å². The molecule has 1 amide bonds. The van der Waals surface area contributed by atoms with Crippen molar-refractivity contribution in [3.63, 3.8) is 0 Å². The van der Waals surface area contributed by atoms with Crippen molar-refractivity contribution in [1.29, 1.82) is 0 Å². The first-order valence-electron chi connectivity index (χ1n) is 8.45. The molecule has 128 valence electrons. The Hall–Kier alpha value is -2.33. The lowest BCUT2D eigenvalue weighted by atomic mass is 10.2. The van der Waals surface area contributed by atoms with Gasteiger partial charge in [-0.3, -0.25) is 4.79 Å². The largest absolute Gasteiger partial charge is 0.378 e. The number of rotatable bonds is 7. The SMILES string of the molecule is CC[NH+](CC(=O)Nc1ccccc1C)Cc1ccc(N(C)C)cc1. The minimum absolute atomic E-state index is 0.0612. The maximum absolute atomic E-state index is 12.3. The minimum Gasteiger partial charge on any atom is -0.378 e. The Kier molecular flexibility index (Phi) is 6.38. The average Bonchev–Trinajstić information content (AvgIpc) is 2.56. The zero-order chi connectivity index (χ0) is 17.5. The summed E-state index contributed by atoms with van der Waals surface area (Å²) >= 11 is 0. The van der Waals surface area contributed by atoms with Gasteiger partial charge in [-0.2, -0.15) is 0 Å². The summed E-state index contributed by atoms with van der Waals surface area (Å²) in [5.74, 6) is 0.0612. The molecule has 0 saturated carbocycles. The minimum atomic E-state index is 0.0612. The highest BCUT2D eigenvalue weighted by molar-refractivity contribution is 5.92. The van der Waals surface area contributed by atoms with Crippen LogP contribution in [-0.2, 0) is 11.3 Å². The van der Waals surface area contributed by atoms with Crippen LogP contribution in [0.25, 0.3) is 0 Å². The van der Waals surface area contributed by atoms with E-state index in [9.17, 15) is 4.79 Å². The fraction of sp³-hybridized carbons (Fsp3) is 0.350. The maximum atomic E-state index is 12.3. The van der Waals surface area contributed by atoms with Crippen LogP contribution in [0.4, 0.5) is 11.4 Å². The van der Waals surface area contributed by atoms with Gasteiger partial charge in [0.1, 0.15) is 6.54 Å². The van der Waals surface area contributed by atoms with Crippen LogP contribution in [0, 0.1) is 6.92 Å². The number of quaternary nitrogens is 1. The molecule has 0 aromatic heterocycles. The summed E-state index contributed by atoms with van der Waals surface area (Å²) in [5.41, 5.74) is 4.42. The van der Waals surface area contributed by atoms with Crippen LogP contribution in [0.3, 0.4) is 0 Å². The third-order valence-electron chi connectivity index (χ3n) is 4.24. The number of likely N-dealkylation sites (N-methyl/N-ethyl adjacent to an activating group) is 1. The van der Waals surface area contributed by atoms with E-state index in [1.165, 1.54) is 16.2 Å². The molecule has 4 heteroatoms. The number of hydrogen-bond donors (Lipinski definition) is 2. The Labute approximate surface area is 145 Å². The number of benzene rings is 2. The van der Waals surface area contributed by atoms with Gasteiger partial charge in [-0.05, 0) is 37.6 Å². The fourth-order valence-corrected chi connectivity index (χ4v) is 2.65. The molecule has 1 atom stereocenters. The second kappa shape index (κ2) is 8.50. The smallest absolute Gasteiger partial charge is 0.279 e. The molecule has 0 aliphatic heterocycles. The van der Waals surface area contributed by atoms with Crippen molar-refractivity contribution in [1.82, 2.24) is 0 Å². The van der Waals surface area contributed by atoms with Crippen molar-refractivity contribution in [2.75, 3.05) is 37.4 Å². The van der Waals surface area contributed by atoms with Crippen molar-refractivity contribution >= 4 is 17.3 Å². The fourth-order valence-electron chi connectivity index (χ4n) is 2.65. The average molecular weight is 326 g/mol. The van der Waals surface area contributed by atoms with Crippen LogP contribution < -0.4 is 15.1 Å². The van der Waals surface area contributed by atoms with E-state index in [4.69, 9.17) is 0 Å². The summed E-state index contributed by atoms with van der Waals surface area (Å²) in [6.07, 6.45) is 0. The molecule has 0 radical (unpaired) electrons. The molecule has 0 aliphatic rings. The highest BCUT2D eigenvalue weighted by atomic mass is 16.2. The van der Waals surface area contributed by atoms with E-state index in [-0.39, 0.29) is 5.91 Å². The third kappa shape index (κ3) is 5.10. The third-order valence-corrected chi connectivity index (χ3v) is 4.24. The standard InChI is InChI=1S/C20H27N3O/c1-5-23(14-17-10-12-18(13-11-17)22(3)4)15-20(24)21-19-9-7-6-8-16(19)2/h6-13H,5,14-15H2,1-4H3,(H,21,24)/p+1. The number of nitrogens with zero attached hydrogens (tertiary/aromatic N) is 1. The predicted molar refractivity (Wildman–Crippen MR) is 101 cm³/mol. The predicted octanol–water partition coefficient (Wildman–Crippen LogP) is 2.10. The molecular formula is C20H28N3O+. The van der Waals surface area contributed by atoms with E-state index < -0.39 is 0 Å². The number of nitrogens with one attached hydrogen (secondary N) is 2. The summed E-state index contributed by atoms with van der Waals surface area (Å²) in [7, 11) is 4.07. The molecule has 24 heavy (non-hydrogen) atoms. The van der Waals surface area contributed by atoms with Crippen LogP contribution in [0.2, 0.25) is 0 Å². The summed E-state index contributed by atoms with van der Waals surface area (Å²) in [5, 5.41) is 3.02. The van der Waals surface area contributed by atoms with E-state index in [1.807, 2.05) is 45.3 Å². The highest BCUT2D eigenvalue weighted by Gasteiger charge is 2.14. The first kappa shape index (κ1) is 18.0. The molecule has 4 nitrogen and oxygen atoms in total. The lowest BCUT2D eigenvalue weighted by Gasteiger charge is -2.18. The Bertz CT molecular complexity index is 665. The van der Waals surface area contributed by atoms with Crippen molar-refractivity contribution < 1.29 is 9.69 Å². The number of anilines is 2. The maximum Gasteiger partial charge on any atom is 0.279 e. The van der Waals surface area contributed by atoms with Gasteiger partial charge in [0.2, 0.25) is 0 Å². The summed E-state index contributed by atoms with van der Waals surface area (Å²) < 4.78 is 0. The monoisotopic (exact) mass is 326 g/mol. The number of amides is 1. The number of aryl methyl sites for hydroxylation is 1. The Morgan fingerprint density at radius 1 is 1.08 bits per heavy atom. The summed E-state index contributed by atoms with van der Waals surface area (Å²) in [6.45, 7) is 6.36. The molecule has 0 aliphatic carbocycles. The molecule has 2 aromatic rings. The van der Waals surface area contributed by atoms with Gasteiger partial charge in [-0.25, -0.2) is 0 Å². The summed E-state index contributed by atoms with van der Waals surface area (Å²) in [6, 6.07) is 16.4. The van der Waals surface area contributed by atoms with Crippen LogP contribution >= 0.6 is 0 Å². The van der Waals surface area contributed by atoms with Crippen LogP contribution in [0.15, 0.2) is 48.5 Å². The number of carbonyl (C=O) groups is 1. The number of para-hydroxylation sites is 1. The van der Waals surface area contributed by atoms with E-state index in [0.717, 1.165) is 24.3 Å². The van der Waals surface area contributed by atoms with Crippen LogP contribution in [-0.4, -0.2) is 33.1 Å². The Morgan fingerprint density at radius 2 is 1.75 bits per heavy atom. The quantitative estimate of drug-likeness (QED) is 0.818. The van der Waals surface area contributed by atoms with Gasteiger partial charge in [0.05, 0.1) is 6.54 Å².